The Morgan fingerprint density at radius 1 is 1.23 bits per heavy atom. The van der Waals surface area contributed by atoms with Gasteiger partial charge in [0.15, 0.2) is 0 Å². The van der Waals surface area contributed by atoms with Crippen molar-refractivity contribution in [3.05, 3.63) is 46.6 Å². The van der Waals surface area contributed by atoms with E-state index >= 15 is 0 Å². The molecule has 3 heterocycles. The normalized spacial score (nSPS) is 19.5. The smallest absolute Gasteiger partial charge is 0.410 e. The zero-order valence-electron chi connectivity index (χ0n) is 17.3. The van der Waals surface area contributed by atoms with Gasteiger partial charge in [0.1, 0.15) is 12.6 Å². The number of non-ortho nitro benzene ring substituents is 1. The maximum atomic E-state index is 12.7. The van der Waals surface area contributed by atoms with Crippen molar-refractivity contribution in [2.24, 2.45) is 0 Å². The summed E-state index contributed by atoms with van der Waals surface area (Å²) in [5.41, 5.74) is 1.43. The summed E-state index contributed by atoms with van der Waals surface area (Å²) in [5.74, 6) is -0.0211. The van der Waals surface area contributed by atoms with Gasteiger partial charge in [-0.15, -0.1) is 0 Å². The maximum Gasteiger partial charge on any atom is 0.410 e. The molecule has 2 aromatic rings. The minimum atomic E-state index is -0.445. The fourth-order valence-corrected chi connectivity index (χ4v) is 4.08. The van der Waals surface area contributed by atoms with Gasteiger partial charge >= 0.3 is 6.09 Å². The van der Waals surface area contributed by atoms with E-state index in [-0.39, 0.29) is 36.4 Å². The van der Waals surface area contributed by atoms with Crippen molar-refractivity contribution in [3.63, 3.8) is 0 Å². The van der Waals surface area contributed by atoms with Gasteiger partial charge in [0.05, 0.1) is 17.2 Å². The average molecular weight is 427 g/mol. The van der Waals surface area contributed by atoms with E-state index in [9.17, 15) is 19.7 Å². The van der Waals surface area contributed by atoms with E-state index in [1.165, 1.54) is 12.1 Å². The molecule has 0 aliphatic carbocycles. The van der Waals surface area contributed by atoms with Crippen LogP contribution >= 0.6 is 0 Å². The number of carbonyl (C=O) groups excluding carboxylic acids is 2. The highest BCUT2D eigenvalue weighted by Gasteiger charge is 2.37. The Kier molecular flexibility index (Phi) is 5.88. The van der Waals surface area contributed by atoms with E-state index in [1.54, 1.807) is 34.0 Å². The molecule has 2 amide bonds. The molecule has 4 rings (SSSR count). The third-order valence-electron chi connectivity index (χ3n) is 5.93. The van der Waals surface area contributed by atoms with E-state index in [1.807, 2.05) is 11.8 Å². The van der Waals surface area contributed by atoms with Gasteiger partial charge in [-0.3, -0.25) is 19.6 Å². The molecule has 0 N–H and O–H groups in total. The predicted octanol–water partition coefficient (Wildman–Crippen LogP) is 2.68. The number of ether oxygens (including phenoxy) is 1. The van der Waals surface area contributed by atoms with Gasteiger partial charge < -0.3 is 14.5 Å². The molecule has 10 nitrogen and oxygen atoms in total. The van der Waals surface area contributed by atoms with Gasteiger partial charge in [-0.25, -0.2) is 4.79 Å². The van der Waals surface area contributed by atoms with Crippen molar-refractivity contribution in [2.45, 2.75) is 44.9 Å². The van der Waals surface area contributed by atoms with Crippen LogP contribution in [0.1, 0.15) is 26.2 Å². The van der Waals surface area contributed by atoms with Crippen LogP contribution < -0.4 is 0 Å². The van der Waals surface area contributed by atoms with Gasteiger partial charge in [0, 0.05) is 43.0 Å². The lowest BCUT2D eigenvalue weighted by Crippen LogP contribution is -2.48. The van der Waals surface area contributed by atoms with Crippen LogP contribution in [0.3, 0.4) is 0 Å². The quantitative estimate of drug-likeness (QED) is 0.518. The standard InChI is InChI=1S/C21H25N5O5/c1-2-18-13-25(21(28)31-18)16-7-10-23(11-8-16)20(27)14-24-12-9-19(22-24)15-3-5-17(6-4-15)26(29)30/h3-6,9,12,16,18H,2,7-8,10-11,13-14H2,1H3. The summed E-state index contributed by atoms with van der Waals surface area (Å²) < 4.78 is 6.93. The van der Waals surface area contributed by atoms with Crippen LogP contribution in [-0.2, 0) is 16.1 Å². The monoisotopic (exact) mass is 427 g/mol. The molecule has 10 heteroatoms. The zero-order valence-corrected chi connectivity index (χ0v) is 17.3. The minimum absolute atomic E-state index is 0.0211. The first-order valence-electron chi connectivity index (χ1n) is 10.5. The van der Waals surface area contributed by atoms with Crippen LogP contribution in [0, 0.1) is 10.1 Å². The molecule has 0 bridgehead atoms. The molecule has 2 fully saturated rings. The van der Waals surface area contributed by atoms with Gasteiger partial charge in [-0.2, -0.15) is 5.10 Å². The highest BCUT2D eigenvalue weighted by atomic mass is 16.6. The minimum Gasteiger partial charge on any atom is -0.444 e. The summed E-state index contributed by atoms with van der Waals surface area (Å²) in [4.78, 5) is 38.7. The number of hydrogen-bond donors (Lipinski definition) is 0. The van der Waals surface area contributed by atoms with Gasteiger partial charge in [-0.1, -0.05) is 6.92 Å². The predicted molar refractivity (Wildman–Crippen MR) is 111 cm³/mol. The van der Waals surface area contributed by atoms with Crippen LogP contribution in [0.2, 0.25) is 0 Å². The summed E-state index contributed by atoms with van der Waals surface area (Å²) in [7, 11) is 0. The van der Waals surface area contributed by atoms with Crippen LogP contribution in [0.25, 0.3) is 11.3 Å². The van der Waals surface area contributed by atoms with Crippen molar-refractivity contribution >= 4 is 17.7 Å². The lowest BCUT2D eigenvalue weighted by atomic mass is 10.0. The van der Waals surface area contributed by atoms with Crippen LogP contribution in [-0.4, -0.2) is 68.3 Å². The van der Waals surface area contributed by atoms with E-state index in [2.05, 4.69) is 5.10 Å². The third kappa shape index (κ3) is 4.52. The number of nitro groups is 1. The molecule has 0 radical (unpaired) electrons. The second-order valence-electron chi connectivity index (χ2n) is 7.88. The number of hydrogen-bond acceptors (Lipinski definition) is 6. The van der Waals surface area contributed by atoms with Crippen LogP contribution in [0.4, 0.5) is 10.5 Å². The van der Waals surface area contributed by atoms with Crippen molar-refractivity contribution in [3.8, 4) is 11.3 Å². The van der Waals surface area contributed by atoms with E-state index < -0.39 is 4.92 Å². The fraction of sp³-hybridized carbons (Fsp3) is 0.476. The number of piperidine rings is 1. The van der Waals surface area contributed by atoms with E-state index in [4.69, 9.17) is 4.74 Å². The number of nitrogens with zero attached hydrogens (tertiary/aromatic N) is 5. The molecular formula is C21H25N5O5. The van der Waals surface area contributed by atoms with Crippen molar-refractivity contribution < 1.29 is 19.2 Å². The maximum absolute atomic E-state index is 12.7. The first-order chi connectivity index (χ1) is 14.9. The second-order valence-corrected chi connectivity index (χ2v) is 7.88. The summed E-state index contributed by atoms with van der Waals surface area (Å²) in [6, 6.07) is 8.05. The number of cyclic esters (lactones) is 1. The third-order valence-corrected chi connectivity index (χ3v) is 5.93. The molecule has 2 aliphatic rings. The van der Waals surface area contributed by atoms with Gasteiger partial charge in [0.25, 0.3) is 5.69 Å². The number of nitro benzene ring substituents is 1. The van der Waals surface area contributed by atoms with E-state index in [0.717, 1.165) is 24.8 Å². The molecule has 164 valence electrons. The molecule has 2 aliphatic heterocycles. The lowest BCUT2D eigenvalue weighted by molar-refractivity contribution is -0.384. The number of amides is 2. The average Bonchev–Trinajstić information content (AvgIpc) is 3.40. The lowest BCUT2D eigenvalue weighted by Gasteiger charge is -2.35. The number of rotatable bonds is 6. The molecule has 31 heavy (non-hydrogen) atoms. The van der Waals surface area contributed by atoms with Gasteiger partial charge in [-0.05, 0) is 37.5 Å². The molecule has 1 atom stereocenters. The van der Waals surface area contributed by atoms with Crippen LogP contribution in [0.15, 0.2) is 36.5 Å². The Labute approximate surface area is 179 Å². The summed E-state index contributed by atoms with van der Waals surface area (Å²) >= 11 is 0. The van der Waals surface area contributed by atoms with Gasteiger partial charge in [0.2, 0.25) is 5.91 Å². The Morgan fingerprint density at radius 3 is 2.55 bits per heavy atom. The summed E-state index contributed by atoms with van der Waals surface area (Å²) in [6.07, 6.45) is 3.75. The topological polar surface area (TPSA) is 111 Å². The van der Waals surface area contributed by atoms with E-state index in [0.29, 0.717) is 25.3 Å². The molecule has 0 spiro atoms. The van der Waals surface area contributed by atoms with Crippen LogP contribution in [0.5, 0.6) is 0 Å². The molecule has 2 saturated heterocycles. The molecule has 1 unspecified atom stereocenters. The summed E-state index contributed by atoms with van der Waals surface area (Å²) in [6.45, 7) is 3.96. The van der Waals surface area contributed by atoms with Crippen molar-refractivity contribution in [2.75, 3.05) is 19.6 Å². The zero-order chi connectivity index (χ0) is 22.0. The molecule has 1 aromatic heterocycles. The highest BCUT2D eigenvalue weighted by molar-refractivity contribution is 5.76. The number of benzene rings is 1. The number of likely N-dealkylation sites (tertiary alicyclic amines) is 1. The number of carbonyl (C=O) groups is 2. The molecule has 1 aromatic carbocycles. The van der Waals surface area contributed by atoms with Crippen molar-refractivity contribution in [1.82, 2.24) is 19.6 Å². The first kappa shape index (κ1) is 20.8. The Morgan fingerprint density at radius 2 is 1.94 bits per heavy atom. The largest absolute Gasteiger partial charge is 0.444 e. The second kappa shape index (κ2) is 8.75. The first-order valence-corrected chi connectivity index (χ1v) is 10.5. The molecular weight excluding hydrogens is 402 g/mol. The van der Waals surface area contributed by atoms with Crippen molar-refractivity contribution in [1.29, 1.82) is 0 Å². The molecule has 0 saturated carbocycles. The highest BCUT2D eigenvalue weighted by Crippen LogP contribution is 2.24. The number of aromatic nitrogens is 2. The Balaban J connectivity index is 1.31. The fourth-order valence-electron chi connectivity index (χ4n) is 4.08. The Hall–Kier alpha value is -3.43. The SMILES string of the molecule is CCC1CN(C2CCN(C(=O)Cn3ccc(-c4ccc([N+](=O)[O-])cc4)n3)CC2)C(=O)O1. The Bertz CT molecular complexity index is 965. The summed E-state index contributed by atoms with van der Waals surface area (Å²) in [5, 5.41) is 15.2.